The highest BCUT2D eigenvalue weighted by Crippen LogP contribution is 2.30. The molecule has 0 bridgehead atoms. The van der Waals surface area contributed by atoms with E-state index in [0.717, 1.165) is 21.5 Å². The number of hydrogen-bond acceptors (Lipinski definition) is 4. The molecule has 0 fully saturated rings. The molecule has 0 aliphatic carbocycles. The number of rotatable bonds is 4. The Morgan fingerprint density at radius 1 is 1.41 bits per heavy atom. The summed E-state index contributed by atoms with van der Waals surface area (Å²) in [6, 6.07) is 7.89. The van der Waals surface area contributed by atoms with Gasteiger partial charge in [-0.1, -0.05) is 6.92 Å². The predicted octanol–water partition coefficient (Wildman–Crippen LogP) is 2.72. The smallest absolute Gasteiger partial charge is 0.119 e. The first-order chi connectivity index (χ1) is 8.24. The summed E-state index contributed by atoms with van der Waals surface area (Å²) in [5, 5.41) is 12.4. The van der Waals surface area contributed by atoms with Crippen molar-refractivity contribution >= 4 is 22.5 Å². The first-order valence-electron chi connectivity index (χ1n) is 5.45. The van der Waals surface area contributed by atoms with Gasteiger partial charge in [0.25, 0.3) is 0 Å². The van der Waals surface area contributed by atoms with Crippen LogP contribution in [-0.2, 0) is 0 Å². The minimum Gasteiger partial charge on any atom is -0.497 e. The minimum absolute atomic E-state index is 0.148. The van der Waals surface area contributed by atoms with Crippen LogP contribution < -0.4 is 4.74 Å². The van der Waals surface area contributed by atoms with Crippen LogP contribution in [0.15, 0.2) is 35.5 Å². The van der Waals surface area contributed by atoms with Gasteiger partial charge in [0.15, 0.2) is 0 Å². The summed E-state index contributed by atoms with van der Waals surface area (Å²) in [5.74, 6) is 0.842. The lowest BCUT2D eigenvalue weighted by Crippen LogP contribution is -2.02. The zero-order valence-electron chi connectivity index (χ0n) is 9.88. The number of hydrogen-bond donors (Lipinski definition) is 1. The Bertz CT molecular complexity index is 516. The molecule has 1 heterocycles. The fourth-order valence-corrected chi connectivity index (χ4v) is 2.47. The van der Waals surface area contributed by atoms with Gasteiger partial charge in [0.05, 0.1) is 13.7 Å². The Hall–Kier alpha value is -1.26. The fourth-order valence-electron chi connectivity index (χ4n) is 1.58. The van der Waals surface area contributed by atoms with Crippen molar-refractivity contribution in [3.05, 3.63) is 30.5 Å². The van der Waals surface area contributed by atoms with E-state index in [1.54, 1.807) is 25.1 Å². The van der Waals surface area contributed by atoms with Gasteiger partial charge in [0.1, 0.15) is 10.8 Å². The third-order valence-corrected chi connectivity index (χ3v) is 3.60. The highest BCUT2D eigenvalue weighted by molar-refractivity contribution is 8.00. The number of aliphatic hydroxyl groups is 1. The van der Waals surface area contributed by atoms with Crippen molar-refractivity contribution in [2.24, 2.45) is 0 Å². The second-order valence-electron chi connectivity index (χ2n) is 3.81. The first kappa shape index (κ1) is 12.2. The lowest BCUT2D eigenvalue weighted by atomic mass is 10.2. The number of aromatic nitrogens is 1. The average Bonchev–Trinajstić information content (AvgIpc) is 2.38. The highest BCUT2D eigenvalue weighted by Gasteiger charge is 2.08. The van der Waals surface area contributed by atoms with E-state index in [0.29, 0.717) is 0 Å². The SMILES string of the molecule is COc1ccc2c(SC(C)CO)nccc2c1. The van der Waals surface area contributed by atoms with Crippen molar-refractivity contribution in [1.29, 1.82) is 0 Å². The number of nitrogens with zero attached hydrogens (tertiary/aromatic N) is 1. The lowest BCUT2D eigenvalue weighted by Gasteiger charge is -2.10. The number of thioether (sulfide) groups is 1. The Balaban J connectivity index is 2.43. The summed E-state index contributed by atoms with van der Waals surface area (Å²) in [4.78, 5) is 4.36. The van der Waals surface area contributed by atoms with Crippen molar-refractivity contribution in [3.8, 4) is 5.75 Å². The molecule has 17 heavy (non-hydrogen) atoms. The minimum atomic E-state index is 0.148. The highest BCUT2D eigenvalue weighted by atomic mass is 32.2. The van der Waals surface area contributed by atoms with Gasteiger partial charge in [-0.05, 0) is 29.7 Å². The van der Waals surface area contributed by atoms with Gasteiger partial charge < -0.3 is 9.84 Å². The van der Waals surface area contributed by atoms with Crippen molar-refractivity contribution in [2.75, 3.05) is 13.7 Å². The third kappa shape index (κ3) is 2.70. The molecule has 0 spiro atoms. The normalized spacial score (nSPS) is 12.6. The van der Waals surface area contributed by atoms with Crippen LogP contribution in [0.5, 0.6) is 5.75 Å². The van der Waals surface area contributed by atoms with Crippen molar-refractivity contribution < 1.29 is 9.84 Å². The van der Waals surface area contributed by atoms with Crippen LogP contribution in [0, 0.1) is 0 Å². The molecular formula is C13H15NO2S. The van der Waals surface area contributed by atoms with Crippen molar-refractivity contribution in [3.63, 3.8) is 0 Å². The molecule has 3 nitrogen and oxygen atoms in total. The summed E-state index contributed by atoms with van der Waals surface area (Å²) >= 11 is 1.58. The average molecular weight is 249 g/mol. The Kier molecular flexibility index (Phi) is 3.86. The topological polar surface area (TPSA) is 42.4 Å². The maximum absolute atomic E-state index is 9.08. The summed E-state index contributed by atoms with van der Waals surface area (Å²) in [7, 11) is 1.66. The molecule has 0 saturated carbocycles. The van der Waals surface area contributed by atoms with Crippen molar-refractivity contribution in [1.82, 2.24) is 4.98 Å². The van der Waals surface area contributed by atoms with E-state index in [9.17, 15) is 0 Å². The van der Waals surface area contributed by atoms with E-state index in [-0.39, 0.29) is 11.9 Å². The van der Waals surface area contributed by atoms with Crippen LogP contribution >= 0.6 is 11.8 Å². The van der Waals surface area contributed by atoms with Crippen LogP contribution in [0.2, 0.25) is 0 Å². The molecule has 1 atom stereocenters. The van der Waals surface area contributed by atoms with Gasteiger partial charge in [-0.15, -0.1) is 11.8 Å². The van der Waals surface area contributed by atoms with E-state index in [2.05, 4.69) is 4.98 Å². The summed E-state index contributed by atoms with van der Waals surface area (Å²) in [5.41, 5.74) is 0. The summed E-state index contributed by atoms with van der Waals surface area (Å²) in [6.07, 6.45) is 1.79. The lowest BCUT2D eigenvalue weighted by molar-refractivity contribution is 0.300. The van der Waals surface area contributed by atoms with E-state index < -0.39 is 0 Å². The molecule has 0 aliphatic rings. The molecule has 2 rings (SSSR count). The second kappa shape index (κ2) is 5.38. The standard InChI is InChI=1S/C13H15NO2S/c1-9(8-15)17-13-12-4-3-11(16-2)7-10(12)5-6-14-13/h3-7,9,15H,8H2,1-2H3. The van der Waals surface area contributed by atoms with E-state index in [1.165, 1.54) is 0 Å². The van der Waals surface area contributed by atoms with Crippen LogP contribution in [0.3, 0.4) is 0 Å². The van der Waals surface area contributed by atoms with E-state index >= 15 is 0 Å². The summed E-state index contributed by atoms with van der Waals surface area (Å²) < 4.78 is 5.20. The molecule has 1 unspecified atom stereocenters. The molecule has 1 N–H and O–H groups in total. The Morgan fingerprint density at radius 3 is 2.94 bits per heavy atom. The zero-order chi connectivity index (χ0) is 12.3. The van der Waals surface area contributed by atoms with Crippen LogP contribution in [0.1, 0.15) is 6.92 Å². The van der Waals surface area contributed by atoms with Crippen LogP contribution in [0.25, 0.3) is 10.8 Å². The predicted molar refractivity (Wildman–Crippen MR) is 70.7 cm³/mol. The number of benzene rings is 1. The van der Waals surface area contributed by atoms with Gasteiger partial charge in [0.2, 0.25) is 0 Å². The van der Waals surface area contributed by atoms with Gasteiger partial charge in [-0.3, -0.25) is 0 Å². The Labute approximate surface area is 105 Å². The molecule has 0 aliphatic heterocycles. The molecule has 0 amide bonds. The maximum Gasteiger partial charge on any atom is 0.119 e. The van der Waals surface area contributed by atoms with Gasteiger partial charge in [0, 0.05) is 16.8 Å². The third-order valence-electron chi connectivity index (χ3n) is 2.50. The number of ether oxygens (including phenoxy) is 1. The van der Waals surface area contributed by atoms with Crippen molar-refractivity contribution in [2.45, 2.75) is 17.2 Å². The molecule has 0 saturated heterocycles. The van der Waals surface area contributed by atoms with Crippen LogP contribution in [-0.4, -0.2) is 29.1 Å². The van der Waals surface area contributed by atoms with Gasteiger partial charge >= 0.3 is 0 Å². The summed E-state index contributed by atoms with van der Waals surface area (Å²) in [6.45, 7) is 2.13. The molecule has 90 valence electrons. The monoisotopic (exact) mass is 249 g/mol. The molecule has 1 aromatic carbocycles. The molecule has 2 aromatic rings. The molecule has 0 radical (unpaired) electrons. The number of fused-ring (bicyclic) bond motifs is 1. The quantitative estimate of drug-likeness (QED) is 0.846. The number of pyridine rings is 1. The largest absolute Gasteiger partial charge is 0.497 e. The zero-order valence-corrected chi connectivity index (χ0v) is 10.7. The van der Waals surface area contributed by atoms with Gasteiger partial charge in [-0.2, -0.15) is 0 Å². The maximum atomic E-state index is 9.08. The molecule has 4 heteroatoms. The molecule has 1 aromatic heterocycles. The van der Waals surface area contributed by atoms with E-state index in [1.807, 2.05) is 31.2 Å². The Morgan fingerprint density at radius 2 is 2.24 bits per heavy atom. The van der Waals surface area contributed by atoms with Gasteiger partial charge in [-0.25, -0.2) is 4.98 Å². The first-order valence-corrected chi connectivity index (χ1v) is 6.33. The van der Waals surface area contributed by atoms with Crippen LogP contribution in [0.4, 0.5) is 0 Å². The number of aliphatic hydroxyl groups excluding tert-OH is 1. The fraction of sp³-hybridized carbons (Fsp3) is 0.308. The number of methoxy groups -OCH3 is 1. The second-order valence-corrected chi connectivity index (χ2v) is 5.24. The van der Waals surface area contributed by atoms with E-state index in [4.69, 9.17) is 9.84 Å². The molecular weight excluding hydrogens is 234 g/mol.